The molecule has 0 spiro atoms. The first kappa shape index (κ1) is 17.7. The van der Waals surface area contributed by atoms with Crippen LogP contribution in [0, 0.1) is 0 Å². The van der Waals surface area contributed by atoms with Gasteiger partial charge < -0.3 is 19.0 Å². The van der Waals surface area contributed by atoms with Crippen molar-refractivity contribution in [3.05, 3.63) is 30.2 Å². The van der Waals surface area contributed by atoms with Crippen molar-refractivity contribution < 1.29 is 18.7 Å². The second-order valence-corrected chi connectivity index (χ2v) is 6.32. The van der Waals surface area contributed by atoms with Gasteiger partial charge in [0.2, 0.25) is 11.8 Å². The first-order chi connectivity index (χ1) is 12.1. The van der Waals surface area contributed by atoms with E-state index < -0.39 is 0 Å². The van der Waals surface area contributed by atoms with Crippen molar-refractivity contribution in [3.8, 4) is 0 Å². The third kappa shape index (κ3) is 4.49. The second-order valence-electron chi connectivity index (χ2n) is 6.32. The summed E-state index contributed by atoms with van der Waals surface area (Å²) in [5.41, 5.74) is 0. The van der Waals surface area contributed by atoms with E-state index in [2.05, 4.69) is 4.90 Å². The number of nitrogens with zero attached hydrogens (tertiary/aromatic N) is 3. The second kappa shape index (κ2) is 8.31. The van der Waals surface area contributed by atoms with Crippen LogP contribution >= 0.6 is 0 Å². The maximum Gasteiger partial charge on any atom is 0.246 e. The summed E-state index contributed by atoms with van der Waals surface area (Å²) >= 11 is 0. The van der Waals surface area contributed by atoms with Crippen LogP contribution in [0.5, 0.6) is 0 Å². The highest BCUT2D eigenvalue weighted by Gasteiger charge is 2.30. The fraction of sp³-hybridized carbons (Fsp3) is 0.556. The van der Waals surface area contributed by atoms with Crippen LogP contribution in [0.3, 0.4) is 0 Å². The zero-order valence-electron chi connectivity index (χ0n) is 14.6. The minimum Gasteiger partial charge on any atom is -0.465 e. The minimum atomic E-state index is -0.158. The number of piperazine rings is 1. The van der Waals surface area contributed by atoms with Crippen LogP contribution in [0.4, 0.5) is 0 Å². The SMILES string of the molecule is C[C@H](C(=O)N1CCOCC1)N1CCN(C(=O)/C=C/c2ccco2)CC1. The van der Waals surface area contributed by atoms with Gasteiger partial charge in [-0.25, -0.2) is 0 Å². The Morgan fingerprint density at radius 3 is 2.44 bits per heavy atom. The molecule has 1 atom stereocenters. The lowest BCUT2D eigenvalue weighted by Crippen LogP contribution is -2.56. The molecule has 2 amide bonds. The van der Waals surface area contributed by atoms with E-state index >= 15 is 0 Å². The minimum absolute atomic E-state index is 0.0248. The third-order valence-corrected chi connectivity index (χ3v) is 4.79. The van der Waals surface area contributed by atoms with Crippen molar-refractivity contribution in [2.45, 2.75) is 13.0 Å². The molecule has 7 nitrogen and oxygen atoms in total. The van der Waals surface area contributed by atoms with Gasteiger partial charge in [0.25, 0.3) is 0 Å². The zero-order chi connectivity index (χ0) is 17.6. The van der Waals surface area contributed by atoms with Crippen molar-refractivity contribution >= 4 is 17.9 Å². The number of hydrogen-bond acceptors (Lipinski definition) is 5. The Morgan fingerprint density at radius 2 is 1.80 bits per heavy atom. The highest BCUT2D eigenvalue weighted by Crippen LogP contribution is 2.11. The van der Waals surface area contributed by atoms with Gasteiger partial charge in [0.15, 0.2) is 0 Å². The maximum absolute atomic E-state index is 12.6. The van der Waals surface area contributed by atoms with Gasteiger partial charge in [0.05, 0.1) is 25.5 Å². The number of ether oxygens (including phenoxy) is 1. The van der Waals surface area contributed by atoms with Crippen LogP contribution < -0.4 is 0 Å². The number of rotatable bonds is 4. The number of hydrogen-bond donors (Lipinski definition) is 0. The molecule has 2 saturated heterocycles. The molecule has 0 saturated carbocycles. The Morgan fingerprint density at radius 1 is 1.08 bits per heavy atom. The Kier molecular flexibility index (Phi) is 5.88. The predicted octanol–water partition coefficient (Wildman–Crippen LogP) is 0.684. The fourth-order valence-corrected chi connectivity index (χ4v) is 3.18. The largest absolute Gasteiger partial charge is 0.465 e. The van der Waals surface area contributed by atoms with Gasteiger partial charge in [-0.15, -0.1) is 0 Å². The number of carbonyl (C=O) groups excluding carboxylic acids is 2. The van der Waals surface area contributed by atoms with Gasteiger partial charge in [-0.3, -0.25) is 14.5 Å². The van der Waals surface area contributed by atoms with Gasteiger partial charge in [0, 0.05) is 45.3 Å². The molecule has 7 heteroatoms. The van der Waals surface area contributed by atoms with E-state index in [0.717, 1.165) is 0 Å². The summed E-state index contributed by atoms with van der Waals surface area (Å²) in [6, 6.07) is 3.44. The van der Waals surface area contributed by atoms with E-state index in [1.165, 1.54) is 6.08 Å². The van der Waals surface area contributed by atoms with E-state index in [-0.39, 0.29) is 17.9 Å². The molecule has 2 aliphatic rings. The van der Waals surface area contributed by atoms with Gasteiger partial charge in [-0.1, -0.05) is 0 Å². The van der Waals surface area contributed by atoms with E-state index in [9.17, 15) is 9.59 Å². The first-order valence-corrected chi connectivity index (χ1v) is 8.76. The van der Waals surface area contributed by atoms with Gasteiger partial charge in [-0.2, -0.15) is 0 Å². The number of amides is 2. The van der Waals surface area contributed by atoms with Crippen LogP contribution in [0.25, 0.3) is 6.08 Å². The number of morpholine rings is 1. The first-order valence-electron chi connectivity index (χ1n) is 8.76. The van der Waals surface area contributed by atoms with Gasteiger partial charge in [-0.05, 0) is 25.1 Å². The quantitative estimate of drug-likeness (QED) is 0.750. The molecule has 0 unspecified atom stereocenters. The maximum atomic E-state index is 12.6. The molecule has 0 aromatic carbocycles. The van der Waals surface area contributed by atoms with Crippen molar-refractivity contribution in [1.82, 2.24) is 14.7 Å². The van der Waals surface area contributed by atoms with Crippen molar-refractivity contribution in [3.63, 3.8) is 0 Å². The summed E-state index contributed by atoms with van der Waals surface area (Å²) < 4.78 is 10.5. The molecule has 2 fully saturated rings. The normalized spacial score (nSPS) is 20.8. The molecule has 0 radical (unpaired) electrons. The topological polar surface area (TPSA) is 66.2 Å². The molecule has 1 aromatic rings. The molecule has 3 rings (SSSR count). The van der Waals surface area contributed by atoms with Crippen molar-refractivity contribution in [2.24, 2.45) is 0 Å². The van der Waals surface area contributed by atoms with Gasteiger partial charge in [0.1, 0.15) is 5.76 Å². The smallest absolute Gasteiger partial charge is 0.246 e. The predicted molar refractivity (Wildman–Crippen MR) is 92.8 cm³/mol. The summed E-state index contributed by atoms with van der Waals surface area (Å²) in [6.07, 6.45) is 4.80. The Hall–Kier alpha value is -2.12. The summed E-state index contributed by atoms with van der Waals surface area (Å²) in [4.78, 5) is 30.6. The summed E-state index contributed by atoms with van der Waals surface area (Å²) in [5, 5.41) is 0. The van der Waals surface area contributed by atoms with Crippen molar-refractivity contribution in [2.75, 3.05) is 52.5 Å². The lowest BCUT2D eigenvalue weighted by atomic mass is 10.2. The van der Waals surface area contributed by atoms with Crippen LogP contribution in [0.2, 0.25) is 0 Å². The Bertz CT molecular complexity index is 600. The molecule has 25 heavy (non-hydrogen) atoms. The molecule has 2 aliphatic heterocycles. The molecule has 3 heterocycles. The summed E-state index contributed by atoms with van der Waals surface area (Å²) in [6.45, 7) is 7.18. The lowest BCUT2D eigenvalue weighted by Gasteiger charge is -2.39. The number of furan rings is 1. The Labute approximate surface area is 147 Å². The average molecular weight is 347 g/mol. The monoisotopic (exact) mass is 347 g/mol. The standard InChI is InChI=1S/C18H25N3O4/c1-15(18(23)21-10-13-24-14-11-21)19-6-8-20(9-7-19)17(22)5-4-16-3-2-12-25-16/h2-5,12,15H,6-11,13-14H2,1H3/b5-4+/t15-/m1/s1. The Balaban J connectivity index is 1.47. The average Bonchev–Trinajstić information content (AvgIpc) is 3.19. The highest BCUT2D eigenvalue weighted by molar-refractivity contribution is 5.91. The molecule has 1 aromatic heterocycles. The molecule has 0 N–H and O–H groups in total. The molecular weight excluding hydrogens is 322 g/mol. The van der Waals surface area contributed by atoms with E-state index in [0.29, 0.717) is 58.2 Å². The van der Waals surface area contributed by atoms with E-state index in [1.54, 1.807) is 24.5 Å². The third-order valence-electron chi connectivity index (χ3n) is 4.79. The van der Waals surface area contributed by atoms with Crippen LogP contribution in [-0.4, -0.2) is 85.0 Å². The van der Waals surface area contributed by atoms with Crippen molar-refractivity contribution in [1.29, 1.82) is 0 Å². The molecule has 0 bridgehead atoms. The van der Waals surface area contributed by atoms with Crippen LogP contribution in [0.15, 0.2) is 28.9 Å². The zero-order valence-corrected chi connectivity index (χ0v) is 14.6. The molecule has 0 aliphatic carbocycles. The van der Waals surface area contributed by atoms with Crippen LogP contribution in [-0.2, 0) is 14.3 Å². The molecular formula is C18H25N3O4. The summed E-state index contributed by atoms with van der Waals surface area (Å²) in [7, 11) is 0. The fourth-order valence-electron chi connectivity index (χ4n) is 3.18. The lowest BCUT2D eigenvalue weighted by molar-refractivity contribution is -0.141. The molecule has 136 valence electrons. The van der Waals surface area contributed by atoms with E-state index in [1.807, 2.05) is 16.7 Å². The van der Waals surface area contributed by atoms with Gasteiger partial charge >= 0.3 is 0 Å². The van der Waals surface area contributed by atoms with Crippen LogP contribution in [0.1, 0.15) is 12.7 Å². The summed E-state index contributed by atoms with van der Waals surface area (Å²) in [5.74, 6) is 0.792. The number of carbonyl (C=O) groups is 2. The highest BCUT2D eigenvalue weighted by atomic mass is 16.5. The van der Waals surface area contributed by atoms with E-state index in [4.69, 9.17) is 9.15 Å².